The lowest BCUT2D eigenvalue weighted by atomic mass is 10.0. The number of nitrogens with two attached hydrogens (primary N) is 1. The van der Waals surface area contributed by atoms with E-state index in [1.54, 1.807) is 7.11 Å². The molecule has 0 spiro atoms. The maximum absolute atomic E-state index is 13.6. The Labute approximate surface area is 178 Å². The zero-order chi connectivity index (χ0) is 22.3. The molecule has 11 nitrogen and oxygen atoms in total. The second kappa shape index (κ2) is 10.5. The van der Waals surface area contributed by atoms with Gasteiger partial charge in [0, 0.05) is 7.11 Å². The highest BCUT2D eigenvalue weighted by molar-refractivity contribution is 5.81. The number of hydrogen-bond acceptors (Lipinski definition) is 10. The third-order valence-electron chi connectivity index (χ3n) is 4.64. The molecular formula is C19H24FN5O6. The zero-order valence-corrected chi connectivity index (χ0v) is 17.1. The van der Waals surface area contributed by atoms with Gasteiger partial charge >= 0.3 is 12.0 Å². The molecule has 1 fully saturated rings. The van der Waals surface area contributed by atoms with Crippen LogP contribution in [-0.4, -0.2) is 77.8 Å². The Kier molecular flexibility index (Phi) is 7.69. The topological polar surface area (TPSA) is 133 Å². The minimum Gasteiger partial charge on any atom is -0.460 e. The molecule has 0 bridgehead atoms. The third kappa shape index (κ3) is 5.65. The number of fused-ring (bicyclic) bond motifs is 1. The molecule has 1 aliphatic rings. The number of anilines is 1. The number of ether oxygens (including phenoxy) is 5. The Balaban J connectivity index is 1.50. The van der Waals surface area contributed by atoms with Gasteiger partial charge in [0.05, 0.1) is 32.8 Å². The van der Waals surface area contributed by atoms with Gasteiger partial charge in [-0.05, 0) is 12.8 Å². The average Bonchev–Trinajstić information content (AvgIpc) is 3.36. The summed E-state index contributed by atoms with van der Waals surface area (Å²) >= 11 is 0. The van der Waals surface area contributed by atoms with Gasteiger partial charge in [0.2, 0.25) is 0 Å². The van der Waals surface area contributed by atoms with E-state index in [4.69, 9.17) is 35.8 Å². The van der Waals surface area contributed by atoms with Gasteiger partial charge in [-0.1, -0.05) is 5.92 Å². The Morgan fingerprint density at radius 2 is 2.16 bits per heavy atom. The number of hydrogen-bond donors (Lipinski definition) is 1. The van der Waals surface area contributed by atoms with Crippen molar-refractivity contribution in [1.29, 1.82) is 0 Å². The Morgan fingerprint density at radius 1 is 1.39 bits per heavy atom. The van der Waals surface area contributed by atoms with E-state index in [1.807, 2.05) is 0 Å². The van der Waals surface area contributed by atoms with Crippen molar-refractivity contribution < 1.29 is 32.9 Å². The van der Waals surface area contributed by atoms with Crippen molar-refractivity contribution in [2.24, 2.45) is 0 Å². The van der Waals surface area contributed by atoms with Gasteiger partial charge in [0.15, 0.2) is 22.6 Å². The van der Waals surface area contributed by atoms with Crippen LogP contribution in [0.25, 0.3) is 11.2 Å². The lowest BCUT2D eigenvalue weighted by Crippen LogP contribution is -2.34. The van der Waals surface area contributed by atoms with Crippen LogP contribution in [0.5, 0.6) is 0 Å². The monoisotopic (exact) mass is 437 g/mol. The molecule has 0 aliphatic carbocycles. The highest BCUT2D eigenvalue weighted by Crippen LogP contribution is 2.37. The van der Waals surface area contributed by atoms with Crippen molar-refractivity contribution in [3.63, 3.8) is 0 Å². The number of nitrogens with zero attached hydrogens (tertiary/aromatic N) is 4. The van der Waals surface area contributed by atoms with E-state index in [0.717, 1.165) is 0 Å². The van der Waals surface area contributed by atoms with Gasteiger partial charge in [0.25, 0.3) is 0 Å². The maximum atomic E-state index is 13.6. The van der Waals surface area contributed by atoms with Crippen molar-refractivity contribution in [2.75, 3.05) is 52.5 Å². The zero-order valence-electron chi connectivity index (χ0n) is 17.1. The largest absolute Gasteiger partial charge is 0.460 e. The normalized spacial score (nSPS) is 20.7. The summed E-state index contributed by atoms with van der Waals surface area (Å²) in [6, 6.07) is 0. The van der Waals surface area contributed by atoms with Crippen LogP contribution in [0.1, 0.15) is 19.1 Å². The van der Waals surface area contributed by atoms with Crippen molar-refractivity contribution in [1.82, 2.24) is 19.5 Å². The smallest absolute Gasteiger partial charge is 0.332 e. The summed E-state index contributed by atoms with van der Waals surface area (Å²) in [5, 5.41) is 0. The van der Waals surface area contributed by atoms with Crippen molar-refractivity contribution >= 4 is 23.0 Å². The molecule has 0 amide bonds. The van der Waals surface area contributed by atoms with E-state index in [0.29, 0.717) is 32.7 Å². The Hall–Kier alpha value is -2.85. The summed E-state index contributed by atoms with van der Waals surface area (Å²) in [4.78, 5) is 23.2. The van der Waals surface area contributed by atoms with E-state index in [-0.39, 0.29) is 36.8 Å². The molecule has 0 unspecified atom stereocenters. The molecule has 31 heavy (non-hydrogen) atoms. The lowest BCUT2D eigenvalue weighted by molar-refractivity contribution is -0.157. The standard InChI is InChI=1S/C19H24FN5O6/c1-3-19(11-30-14(26)10-29-9-8-28-7-6-27-2)5-4-13(31-19)25-12-22-15-16(21)23-18(20)24-17(15)25/h1,12-13H,4-11H2,2H3,(H2,21,23,24)/t13-,19+/m1/s1. The molecule has 0 radical (unpaired) electrons. The molecule has 3 rings (SSSR count). The number of carbonyl (C=O) groups excluding carboxylic acids is 1. The fourth-order valence-corrected chi connectivity index (χ4v) is 3.06. The van der Waals surface area contributed by atoms with Crippen LogP contribution in [0, 0.1) is 18.4 Å². The fourth-order valence-electron chi connectivity index (χ4n) is 3.06. The van der Waals surface area contributed by atoms with Crippen LogP contribution in [0.3, 0.4) is 0 Å². The second-order valence-corrected chi connectivity index (χ2v) is 6.77. The van der Waals surface area contributed by atoms with Crippen molar-refractivity contribution in [3.8, 4) is 12.3 Å². The van der Waals surface area contributed by atoms with Gasteiger partial charge in [-0.2, -0.15) is 14.4 Å². The van der Waals surface area contributed by atoms with E-state index in [2.05, 4.69) is 20.9 Å². The van der Waals surface area contributed by atoms with Gasteiger partial charge in [-0.3, -0.25) is 4.57 Å². The predicted octanol–water partition coefficient (Wildman–Crippen LogP) is 0.451. The van der Waals surface area contributed by atoms with Crippen LogP contribution in [0.2, 0.25) is 0 Å². The number of methoxy groups -OCH3 is 1. The van der Waals surface area contributed by atoms with Crippen molar-refractivity contribution in [3.05, 3.63) is 12.4 Å². The van der Waals surface area contributed by atoms with Crippen molar-refractivity contribution in [2.45, 2.75) is 24.7 Å². The van der Waals surface area contributed by atoms with Crippen LogP contribution in [0.15, 0.2) is 6.33 Å². The maximum Gasteiger partial charge on any atom is 0.332 e. The molecule has 0 aromatic carbocycles. The van der Waals surface area contributed by atoms with Gasteiger partial charge in [0.1, 0.15) is 19.4 Å². The Bertz CT molecular complexity index is 948. The summed E-state index contributed by atoms with van der Waals surface area (Å²) in [6.07, 6.45) is 6.44. The summed E-state index contributed by atoms with van der Waals surface area (Å²) < 4.78 is 41.6. The fraction of sp³-hybridized carbons (Fsp3) is 0.579. The van der Waals surface area contributed by atoms with Crippen LogP contribution in [0.4, 0.5) is 10.2 Å². The molecule has 3 heterocycles. The first-order valence-electron chi connectivity index (χ1n) is 9.59. The first-order chi connectivity index (χ1) is 15.0. The SMILES string of the molecule is C#C[C@@]1(COC(=O)COCCOCCOC)CC[C@H](n2cnc3c(N)nc(F)nc32)O1. The minimum atomic E-state index is -1.13. The lowest BCUT2D eigenvalue weighted by Gasteiger charge is -2.23. The first-order valence-corrected chi connectivity index (χ1v) is 9.59. The molecule has 2 aromatic rings. The number of carbonyl (C=O) groups is 1. The highest BCUT2D eigenvalue weighted by atomic mass is 19.1. The van der Waals surface area contributed by atoms with Gasteiger partial charge in [-0.15, -0.1) is 6.42 Å². The molecule has 0 saturated carbocycles. The number of terminal acetylenes is 1. The summed E-state index contributed by atoms with van der Waals surface area (Å²) in [5.74, 6) is 1.91. The highest BCUT2D eigenvalue weighted by Gasteiger charge is 2.41. The molecular weight excluding hydrogens is 413 g/mol. The molecule has 168 valence electrons. The predicted molar refractivity (Wildman–Crippen MR) is 105 cm³/mol. The minimum absolute atomic E-state index is 0.0690. The number of rotatable bonds is 11. The van der Waals surface area contributed by atoms with Gasteiger partial charge < -0.3 is 29.4 Å². The molecule has 1 saturated heterocycles. The van der Waals surface area contributed by atoms with Crippen LogP contribution < -0.4 is 5.73 Å². The van der Waals surface area contributed by atoms with Gasteiger partial charge in [-0.25, -0.2) is 9.78 Å². The van der Waals surface area contributed by atoms with Crippen LogP contribution in [-0.2, 0) is 28.5 Å². The molecule has 1 aliphatic heterocycles. The second-order valence-electron chi connectivity index (χ2n) is 6.77. The number of esters is 1. The number of aromatic nitrogens is 4. The van der Waals surface area contributed by atoms with E-state index in [1.165, 1.54) is 10.9 Å². The number of halogens is 1. The first kappa shape index (κ1) is 22.8. The Morgan fingerprint density at radius 3 is 2.94 bits per heavy atom. The van der Waals surface area contributed by atoms with E-state index < -0.39 is 23.9 Å². The van der Waals surface area contributed by atoms with E-state index >= 15 is 0 Å². The quantitative estimate of drug-likeness (QED) is 0.229. The molecule has 2 aromatic heterocycles. The molecule has 2 atom stereocenters. The summed E-state index contributed by atoms with van der Waals surface area (Å²) in [5.41, 5.74) is 5.02. The number of nitrogen functional groups attached to an aromatic ring is 1. The summed E-state index contributed by atoms with van der Waals surface area (Å²) in [7, 11) is 1.58. The average molecular weight is 437 g/mol. The van der Waals surface area contributed by atoms with E-state index in [9.17, 15) is 9.18 Å². The summed E-state index contributed by atoms with van der Waals surface area (Å²) in [6.45, 7) is 1.13. The third-order valence-corrected chi connectivity index (χ3v) is 4.64. The van der Waals surface area contributed by atoms with Crippen LogP contribution >= 0.6 is 0 Å². The molecule has 12 heteroatoms. The molecule has 2 N–H and O–H groups in total. The number of imidazole rings is 1.